The molecular weight excluding hydrogens is 178 g/mol. The molecular formula is C6H5N3O2S. The number of aliphatic hydroxyl groups is 1. The fourth-order valence-corrected chi connectivity index (χ4v) is 1.26. The molecule has 0 spiro atoms. The highest BCUT2D eigenvalue weighted by molar-refractivity contribution is 7.09. The Morgan fingerprint density at radius 3 is 3.00 bits per heavy atom. The summed E-state index contributed by atoms with van der Waals surface area (Å²) in [6.45, 7) is -0.230. The van der Waals surface area contributed by atoms with Gasteiger partial charge in [-0.1, -0.05) is 0 Å². The van der Waals surface area contributed by atoms with Crippen LogP contribution in [-0.2, 0) is 6.61 Å². The predicted molar refractivity (Wildman–Crippen MR) is 41.3 cm³/mol. The van der Waals surface area contributed by atoms with Gasteiger partial charge in [0.05, 0.1) is 0 Å². The fraction of sp³-hybridized carbons (Fsp3) is 0.167. The second-order valence-corrected chi connectivity index (χ2v) is 2.87. The Bertz CT molecular complexity index is 357. The van der Waals surface area contributed by atoms with E-state index in [9.17, 15) is 0 Å². The van der Waals surface area contributed by atoms with Crippen LogP contribution in [0.25, 0.3) is 10.8 Å². The third kappa shape index (κ3) is 1.21. The van der Waals surface area contributed by atoms with Gasteiger partial charge in [-0.3, -0.25) is 0 Å². The standard InChI is InChI=1S/C6H5N3O2S/c10-3-5-8-9-6(11-5)4-1-2-7-12-4/h1-2,10H,3H2. The number of hydrogen-bond donors (Lipinski definition) is 1. The maximum absolute atomic E-state index is 8.64. The number of nitrogens with zero attached hydrogens (tertiary/aromatic N) is 3. The third-order valence-corrected chi connectivity index (χ3v) is 1.99. The Kier molecular flexibility index (Phi) is 1.84. The van der Waals surface area contributed by atoms with Gasteiger partial charge in [0.1, 0.15) is 11.5 Å². The van der Waals surface area contributed by atoms with E-state index in [0.29, 0.717) is 5.89 Å². The minimum atomic E-state index is -0.230. The van der Waals surface area contributed by atoms with E-state index >= 15 is 0 Å². The summed E-state index contributed by atoms with van der Waals surface area (Å²) >= 11 is 1.27. The number of aliphatic hydroxyl groups excluding tert-OH is 1. The molecule has 5 nitrogen and oxygen atoms in total. The smallest absolute Gasteiger partial charge is 0.259 e. The van der Waals surface area contributed by atoms with Crippen LogP contribution >= 0.6 is 11.5 Å². The van der Waals surface area contributed by atoms with Gasteiger partial charge in [0.2, 0.25) is 5.89 Å². The van der Waals surface area contributed by atoms with Crippen molar-refractivity contribution in [1.82, 2.24) is 14.6 Å². The Hall–Kier alpha value is -1.27. The van der Waals surface area contributed by atoms with Crippen LogP contribution in [0.15, 0.2) is 16.7 Å². The first-order valence-corrected chi connectivity index (χ1v) is 4.02. The SMILES string of the molecule is OCc1nnc(-c2ccns2)o1. The molecule has 0 unspecified atom stereocenters. The van der Waals surface area contributed by atoms with Crippen LogP contribution in [0.4, 0.5) is 0 Å². The highest BCUT2D eigenvalue weighted by atomic mass is 32.1. The van der Waals surface area contributed by atoms with E-state index in [1.54, 1.807) is 12.3 Å². The summed E-state index contributed by atoms with van der Waals surface area (Å²) in [4.78, 5) is 0.808. The summed E-state index contributed by atoms with van der Waals surface area (Å²) in [5, 5.41) is 16.0. The molecule has 62 valence electrons. The van der Waals surface area contributed by atoms with Crippen LogP contribution in [0.3, 0.4) is 0 Å². The molecule has 0 radical (unpaired) electrons. The van der Waals surface area contributed by atoms with Crippen LogP contribution in [0.2, 0.25) is 0 Å². The first-order chi connectivity index (χ1) is 5.90. The van der Waals surface area contributed by atoms with Gasteiger partial charge in [0.15, 0.2) is 0 Å². The topological polar surface area (TPSA) is 72.0 Å². The highest BCUT2D eigenvalue weighted by Crippen LogP contribution is 2.20. The van der Waals surface area contributed by atoms with Gasteiger partial charge in [0, 0.05) is 6.20 Å². The molecule has 6 heteroatoms. The van der Waals surface area contributed by atoms with E-state index in [2.05, 4.69) is 14.6 Å². The highest BCUT2D eigenvalue weighted by Gasteiger charge is 2.08. The van der Waals surface area contributed by atoms with Crippen LogP contribution < -0.4 is 0 Å². The van der Waals surface area contributed by atoms with E-state index in [0.717, 1.165) is 4.88 Å². The summed E-state index contributed by atoms with van der Waals surface area (Å²) in [5.41, 5.74) is 0. The largest absolute Gasteiger partial charge is 0.417 e. The second-order valence-electron chi connectivity index (χ2n) is 2.04. The molecule has 0 atom stereocenters. The molecule has 0 fully saturated rings. The minimum Gasteiger partial charge on any atom is -0.417 e. The molecule has 0 aliphatic rings. The molecule has 0 aromatic carbocycles. The van der Waals surface area contributed by atoms with Crippen molar-refractivity contribution in [2.75, 3.05) is 0 Å². The van der Waals surface area contributed by atoms with Gasteiger partial charge in [-0.15, -0.1) is 10.2 Å². The second kappa shape index (κ2) is 3.00. The maximum Gasteiger partial charge on any atom is 0.259 e. The molecule has 2 aromatic heterocycles. The Morgan fingerprint density at radius 1 is 1.50 bits per heavy atom. The summed E-state index contributed by atoms with van der Waals surface area (Å²) < 4.78 is 8.96. The van der Waals surface area contributed by atoms with Crippen molar-refractivity contribution in [3.8, 4) is 10.8 Å². The molecule has 0 bridgehead atoms. The number of rotatable bonds is 2. The fourth-order valence-electron chi connectivity index (χ4n) is 0.743. The van der Waals surface area contributed by atoms with Gasteiger partial charge in [-0.2, -0.15) is 0 Å². The van der Waals surface area contributed by atoms with E-state index in [-0.39, 0.29) is 12.5 Å². The lowest BCUT2D eigenvalue weighted by Crippen LogP contribution is -1.79. The molecule has 1 N–H and O–H groups in total. The molecule has 2 rings (SSSR count). The van der Waals surface area contributed by atoms with Crippen molar-refractivity contribution < 1.29 is 9.52 Å². The lowest BCUT2D eigenvalue weighted by atomic mass is 10.5. The molecule has 2 aromatic rings. The van der Waals surface area contributed by atoms with Crippen LogP contribution in [0.5, 0.6) is 0 Å². The van der Waals surface area contributed by atoms with Crippen molar-refractivity contribution in [3.05, 3.63) is 18.2 Å². The monoisotopic (exact) mass is 183 g/mol. The van der Waals surface area contributed by atoms with Gasteiger partial charge in [-0.25, -0.2) is 4.37 Å². The molecule has 0 aliphatic carbocycles. The maximum atomic E-state index is 8.64. The van der Waals surface area contributed by atoms with Crippen LogP contribution in [-0.4, -0.2) is 19.7 Å². The van der Waals surface area contributed by atoms with Crippen LogP contribution in [0.1, 0.15) is 5.89 Å². The summed E-state index contributed by atoms with van der Waals surface area (Å²) in [7, 11) is 0. The van der Waals surface area contributed by atoms with Crippen molar-refractivity contribution in [3.63, 3.8) is 0 Å². The summed E-state index contributed by atoms with van der Waals surface area (Å²) in [5.74, 6) is 0.625. The summed E-state index contributed by atoms with van der Waals surface area (Å²) in [6.07, 6.45) is 1.66. The molecule has 0 amide bonds. The van der Waals surface area contributed by atoms with Crippen molar-refractivity contribution >= 4 is 11.5 Å². The normalized spacial score (nSPS) is 10.4. The molecule has 2 heterocycles. The lowest BCUT2D eigenvalue weighted by Gasteiger charge is -1.83. The molecule has 12 heavy (non-hydrogen) atoms. The lowest BCUT2D eigenvalue weighted by molar-refractivity contribution is 0.241. The van der Waals surface area contributed by atoms with E-state index in [1.807, 2.05) is 0 Å². The number of aromatic nitrogens is 3. The molecule has 0 saturated heterocycles. The molecule has 0 saturated carbocycles. The van der Waals surface area contributed by atoms with E-state index in [4.69, 9.17) is 9.52 Å². The minimum absolute atomic E-state index is 0.221. The van der Waals surface area contributed by atoms with Crippen molar-refractivity contribution in [1.29, 1.82) is 0 Å². The predicted octanol–water partition coefficient (Wildman–Crippen LogP) is 0.685. The zero-order valence-corrected chi connectivity index (χ0v) is 6.78. The average Bonchev–Trinajstić information content (AvgIpc) is 2.75. The summed E-state index contributed by atoms with van der Waals surface area (Å²) in [6, 6.07) is 1.78. The average molecular weight is 183 g/mol. The number of hydrogen-bond acceptors (Lipinski definition) is 6. The quantitative estimate of drug-likeness (QED) is 0.741. The van der Waals surface area contributed by atoms with Gasteiger partial charge < -0.3 is 9.52 Å². The first-order valence-electron chi connectivity index (χ1n) is 3.24. The van der Waals surface area contributed by atoms with Gasteiger partial charge >= 0.3 is 0 Å². The Balaban J connectivity index is 2.35. The van der Waals surface area contributed by atoms with Crippen molar-refractivity contribution in [2.45, 2.75) is 6.61 Å². The third-order valence-electron chi connectivity index (χ3n) is 1.25. The Labute approximate surface area is 71.9 Å². The van der Waals surface area contributed by atoms with E-state index in [1.165, 1.54) is 11.5 Å². The first kappa shape index (κ1) is 7.38. The Morgan fingerprint density at radius 2 is 2.42 bits per heavy atom. The molecule has 0 aliphatic heterocycles. The zero-order valence-electron chi connectivity index (χ0n) is 5.97. The van der Waals surface area contributed by atoms with Gasteiger partial charge in [-0.05, 0) is 17.6 Å². The zero-order chi connectivity index (χ0) is 8.39. The van der Waals surface area contributed by atoms with Crippen LogP contribution in [0, 0.1) is 0 Å². The van der Waals surface area contributed by atoms with Gasteiger partial charge in [0.25, 0.3) is 5.89 Å². The van der Waals surface area contributed by atoms with Crippen molar-refractivity contribution in [2.24, 2.45) is 0 Å². The van der Waals surface area contributed by atoms with E-state index < -0.39 is 0 Å².